The van der Waals surface area contributed by atoms with E-state index < -0.39 is 0 Å². The normalized spacial score (nSPS) is 9.94. The van der Waals surface area contributed by atoms with E-state index in [-0.39, 0.29) is 0 Å². The minimum absolute atomic E-state index is 0.293. The Morgan fingerprint density at radius 1 is 1.18 bits per heavy atom. The molecular formula is C12H13N3O2. The van der Waals surface area contributed by atoms with Crippen molar-refractivity contribution in [2.24, 2.45) is 0 Å². The van der Waals surface area contributed by atoms with E-state index in [2.05, 4.69) is 9.97 Å². The van der Waals surface area contributed by atoms with Gasteiger partial charge in [0.1, 0.15) is 6.61 Å². The summed E-state index contributed by atoms with van der Waals surface area (Å²) in [5, 5.41) is 0. The van der Waals surface area contributed by atoms with Crippen LogP contribution in [-0.4, -0.2) is 17.1 Å². The summed E-state index contributed by atoms with van der Waals surface area (Å²) < 4.78 is 10.7. The Labute approximate surface area is 99.2 Å². The summed E-state index contributed by atoms with van der Waals surface area (Å²) in [6.07, 6.45) is 3.35. The number of hydrogen-bond donors (Lipinski definition) is 1. The molecule has 17 heavy (non-hydrogen) atoms. The lowest BCUT2D eigenvalue weighted by Crippen LogP contribution is -2.02. The van der Waals surface area contributed by atoms with E-state index in [0.29, 0.717) is 29.6 Å². The maximum atomic E-state index is 5.65. The number of anilines is 1. The Morgan fingerprint density at radius 3 is 2.65 bits per heavy atom. The Bertz CT molecular complexity index is 488. The minimum Gasteiger partial charge on any atom is -0.493 e. The summed E-state index contributed by atoms with van der Waals surface area (Å²) in [5.74, 6) is 1.83. The molecule has 0 atom stereocenters. The highest BCUT2D eigenvalue weighted by molar-refractivity contribution is 5.51. The average molecular weight is 231 g/mol. The zero-order chi connectivity index (χ0) is 12.1. The summed E-state index contributed by atoms with van der Waals surface area (Å²) in [7, 11) is 1.57. The molecule has 88 valence electrons. The van der Waals surface area contributed by atoms with Gasteiger partial charge in [0.2, 0.25) is 0 Å². The van der Waals surface area contributed by atoms with E-state index in [1.54, 1.807) is 43.8 Å². The molecule has 2 N–H and O–H groups in total. The fourth-order valence-corrected chi connectivity index (χ4v) is 1.35. The van der Waals surface area contributed by atoms with Gasteiger partial charge in [-0.1, -0.05) is 0 Å². The molecule has 1 aromatic carbocycles. The highest BCUT2D eigenvalue weighted by Crippen LogP contribution is 2.29. The van der Waals surface area contributed by atoms with Gasteiger partial charge in [-0.05, 0) is 18.2 Å². The molecule has 0 radical (unpaired) electrons. The molecule has 0 fully saturated rings. The average Bonchev–Trinajstić information content (AvgIpc) is 2.38. The summed E-state index contributed by atoms with van der Waals surface area (Å²) in [6.45, 7) is 0.293. The summed E-state index contributed by atoms with van der Waals surface area (Å²) in [4.78, 5) is 8.13. The number of rotatable bonds is 4. The van der Waals surface area contributed by atoms with Crippen molar-refractivity contribution < 1.29 is 9.47 Å². The Kier molecular flexibility index (Phi) is 3.40. The first-order valence-corrected chi connectivity index (χ1v) is 5.12. The molecule has 0 spiro atoms. The molecule has 0 amide bonds. The first-order chi connectivity index (χ1) is 8.29. The van der Waals surface area contributed by atoms with Crippen LogP contribution in [0.2, 0.25) is 0 Å². The first-order valence-electron chi connectivity index (χ1n) is 5.12. The van der Waals surface area contributed by atoms with Gasteiger partial charge in [0, 0.05) is 24.1 Å². The lowest BCUT2D eigenvalue weighted by molar-refractivity contribution is 0.276. The zero-order valence-electron chi connectivity index (χ0n) is 9.46. The van der Waals surface area contributed by atoms with Crippen LogP contribution < -0.4 is 15.2 Å². The van der Waals surface area contributed by atoms with Gasteiger partial charge in [-0.25, -0.2) is 9.97 Å². The third kappa shape index (κ3) is 2.84. The van der Waals surface area contributed by atoms with E-state index in [1.807, 2.05) is 0 Å². The van der Waals surface area contributed by atoms with Gasteiger partial charge in [-0.3, -0.25) is 0 Å². The van der Waals surface area contributed by atoms with Crippen molar-refractivity contribution >= 4 is 5.69 Å². The predicted octanol–water partition coefficient (Wildman–Crippen LogP) is 1.65. The fourth-order valence-electron chi connectivity index (χ4n) is 1.35. The van der Waals surface area contributed by atoms with Gasteiger partial charge in [-0.15, -0.1) is 0 Å². The third-order valence-corrected chi connectivity index (χ3v) is 2.16. The molecule has 2 aromatic rings. The maximum Gasteiger partial charge on any atom is 0.166 e. The molecule has 0 bridgehead atoms. The van der Waals surface area contributed by atoms with Crippen molar-refractivity contribution in [3.8, 4) is 11.5 Å². The van der Waals surface area contributed by atoms with E-state index in [1.165, 1.54) is 0 Å². The molecule has 0 saturated heterocycles. The monoisotopic (exact) mass is 231 g/mol. The van der Waals surface area contributed by atoms with Gasteiger partial charge in [0.15, 0.2) is 17.3 Å². The van der Waals surface area contributed by atoms with Crippen LogP contribution in [0.3, 0.4) is 0 Å². The van der Waals surface area contributed by atoms with Crippen LogP contribution in [0.25, 0.3) is 0 Å². The number of methoxy groups -OCH3 is 1. The number of nitrogen functional groups attached to an aromatic ring is 1. The molecule has 1 heterocycles. The van der Waals surface area contributed by atoms with Gasteiger partial charge < -0.3 is 15.2 Å². The number of benzene rings is 1. The molecule has 0 aliphatic heterocycles. The van der Waals surface area contributed by atoms with Crippen LogP contribution in [0.1, 0.15) is 5.82 Å². The van der Waals surface area contributed by atoms with E-state index >= 15 is 0 Å². The fraction of sp³-hybridized carbons (Fsp3) is 0.167. The van der Waals surface area contributed by atoms with Crippen LogP contribution >= 0.6 is 0 Å². The number of nitrogens with zero attached hydrogens (tertiary/aromatic N) is 2. The molecule has 0 saturated carbocycles. The predicted molar refractivity (Wildman–Crippen MR) is 63.8 cm³/mol. The SMILES string of the molecule is COc1cc(N)ccc1OCc1ncccn1. The van der Waals surface area contributed by atoms with Crippen LogP contribution in [0.5, 0.6) is 11.5 Å². The maximum absolute atomic E-state index is 5.65. The second-order valence-electron chi connectivity index (χ2n) is 3.36. The minimum atomic E-state index is 0.293. The quantitative estimate of drug-likeness (QED) is 0.810. The highest BCUT2D eigenvalue weighted by Gasteiger charge is 2.05. The van der Waals surface area contributed by atoms with E-state index in [9.17, 15) is 0 Å². The number of nitrogens with two attached hydrogens (primary N) is 1. The second-order valence-corrected chi connectivity index (χ2v) is 3.36. The lowest BCUT2D eigenvalue weighted by Gasteiger charge is -2.10. The number of ether oxygens (including phenoxy) is 2. The van der Waals surface area contributed by atoms with Crippen molar-refractivity contribution in [1.82, 2.24) is 9.97 Å². The van der Waals surface area contributed by atoms with Gasteiger partial charge in [-0.2, -0.15) is 0 Å². The third-order valence-electron chi connectivity index (χ3n) is 2.16. The summed E-state index contributed by atoms with van der Waals surface area (Å²) in [6, 6.07) is 6.98. The smallest absolute Gasteiger partial charge is 0.166 e. The largest absolute Gasteiger partial charge is 0.493 e. The lowest BCUT2D eigenvalue weighted by atomic mass is 10.3. The van der Waals surface area contributed by atoms with Gasteiger partial charge in [0.05, 0.1) is 7.11 Å². The number of aromatic nitrogens is 2. The van der Waals surface area contributed by atoms with Gasteiger partial charge >= 0.3 is 0 Å². The summed E-state index contributed by atoms with van der Waals surface area (Å²) >= 11 is 0. The van der Waals surface area contributed by atoms with Crippen molar-refractivity contribution in [2.75, 3.05) is 12.8 Å². The van der Waals surface area contributed by atoms with Crippen molar-refractivity contribution in [3.05, 3.63) is 42.5 Å². The molecule has 5 heteroatoms. The van der Waals surface area contributed by atoms with Crippen LogP contribution in [0, 0.1) is 0 Å². The molecule has 1 aromatic heterocycles. The Hall–Kier alpha value is -2.30. The second kappa shape index (κ2) is 5.16. The Morgan fingerprint density at radius 2 is 1.94 bits per heavy atom. The van der Waals surface area contributed by atoms with Crippen LogP contribution in [0.4, 0.5) is 5.69 Å². The van der Waals surface area contributed by atoms with Crippen molar-refractivity contribution in [2.45, 2.75) is 6.61 Å². The molecular weight excluding hydrogens is 218 g/mol. The molecule has 5 nitrogen and oxygen atoms in total. The summed E-state index contributed by atoms with van der Waals surface area (Å²) in [5.41, 5.74) is 6.28. The Balaban J connectivity index is 2.09. The number of hydrogen-bond acceptors (Lipinski definition) is 5. The van der Waals surface area contributed by atoms with Crippen molar-refractivity contribution in [3.63, 3.8) is 0 Å². The highest BCUT2D eigenvalue weighted by atomic mass is 16.5. The van der Waals surface area contributed by atoms with Gasteiger partial charge in [0.25, 0.3) is 0 Å². The standard InChI is InChI=1S/C12H13N3O2/c1-16-11-7-9(13)3-4-10(11)17-8-12-14-5-2-6-15-12/h2-7H,8,13H2,1H3. The topological polar surface area (TPSA) is 70.3 Å². The van der Waals surface area contributed by atoms with E-state index in [0.717, 1.165) is 0 Å². The molecule has 0 aliphatic carbocycles. The first kappa shape index (κ1) is 11.2. The molecule has 0 unspecified atom stereocenters. The van der Waals surface area contributed by atoms with E-state index in [4.69, 9.17) is 15.2 Å². The van der Waals surface area contributed by atoms with Crippen LogP contribution in [0.15, 0.2) is 36.7 Å². The zero-order valence-corrected chi connectivity index (χ0v) is 9.46. The molecule has 2 rings (SSSR count). The van der Waals surface area contributed by atoms with Crippen molar-refractivity contribution in [1.29, 1.82) is 0 Å². The van der Waals surface area contributed by atoms with Crippen LogP contribution in [-0.2, 0) is 6.61 Å². The molecule has 0 aliphatic rings.